The highest BCUT2D eigenvalue weighted by molar-refractivity contribution is 7.89. The molecule has 1 N–H and O–H groups in total. The van der Waals surface area contributed by atoms with Gasteiger partial charge in [0.2, 0.25) is 10.0 Å². The fraction of sp³-hybridized carbons (Fsp3) is 0.409. The molecule has 1 fully saturated rings. The van der Waals surface area contributed by atoms with Crippen LogP contribution in [0.15, 0.2) is 47.4 Å². The van der Waals surface area contributed by atoms with Crippen molar-refractivity contribution in [2.24, 2.45) is 0 Å². The van der Waals surface area contributed by atoms with Gasteiger partial charge in [0.05, 0.1) is 12.0 Å². The Bertz CT molecular complexity index is 1060. The fourth-order valence-corrected chi connectivity index (χ4v) is 5.21. The van der Waals surface area contributed by atoms with Crippen LogP contribution in [0.25, 0.3) is 0 Å². The minimum Gasteiger partial charge on any atom is -0.493 e. The number of carbonyl (C=O) groups excluding carboxylic acids is 1. The zero-order valence-electron chi connectivity index (χ0n) is 17.9. The first-order chi connectivity index (χ1) is 15.2. The summed E-state index contributed by atoms with van der Waals surface area (Å²) in [5.41, 5.74) is 0.314. The van der Waals surface area contributed by atoms with Crippen molar-refractivity contribution < 1.29 is 31.5 Å². The molecule has 10 heteroatoms. The number of benzene rings is 2. The summed E-state index contributed by atoms with van der Waals surface area (Å²) in [5, 5.41) is 2.57. The summed E-state index contributed by atoms with van der Waals surface area (Å²) in [7, 11) is -0.886. The minimum atomic E-state index is -3.76. The van der Waals surface area contributed by atoms with Gasteiger partial charge in [0.15, 0.2) is 11.5 Å². The van der Waals surface area contributed by atoms with Crippen LogP contribution >= 0.6 is 0 Å². The molecule has 0 aliphatic heterocycles. The molecule has 174 valence electrons. The van der Waals surface area contributed by atoms with Crippen LogP contribution in [0.1, 0.15) is 42.5 Å². The van der Waals surface area contributed by atoms with E-state index in [0.29, 0.717) is 0 Å². The second-order valence-electron chi connectivity index (χ2n) is 7.54. The summed E-state index contributed by atoms with van der Waals surface area (Å²) in [6.45, 7) is -3.06. The fourth-order valence-electron chi connectivity index (χ4n) is 3.75. The number of alkyl halides is 2. The van der Waals surface area contributed by atoms with Crippen LogP contribution in [-0.2, 0) is 10.0 Å². The lowest BCUT2D eigenvalue weighted by Crippen LogP contribution is -2.38. The normalized spacial score (nSPS) is 15.1. The average molecular weight is 469 g/mol. The third-order valence-corrected chi connectivity index (χ3v) is 7.41. The van der Waals surface area contributed by atoms with Gasteiger partial charge in [-0.1, -0.05) is 25.3 Å². The lowest BCUT2D eigenvalue weighted by Gasteiger charge is -2.30. The van der Waals surface area contributed by atoms with Crippen LogP contribution < -0.4 is 14.8 Å². The number of rotatable bonds is 8. The third-order valence-electron chi connectivity index (χ3n) is 5.50. The minimum absolute atomic E-state index is 0.0228. The van der Waals surface area contributed by atoms with Gasteiger partial charge in [-0.2, -0.15) is 13.1 Å². The Morgan fingerprint density at radius 1 is 1.09 bits per heavy atom. The number of hydrogen-bond donors (Lipinski definition) is 1. The predicted octanol–water partition coefficient (Wildman–Crippen LogP) is 4.50. The van der Waals surface area contributed by atoms with E-state index in [-0.39, 0.29) is 33.7 Å². The number of sulfonamides is 1. The van der Waals surface area contributed by atoms with Gasteiger partial charge in [-0.3, -0.25) is 4.79 Å². The monoisotopic (exact) mass is 468 g/mol. The molecule has 32 heavy (non-hydrogen) atoms. The second-order valence-corrected chi connectivity index (χ2v) is 9.54. The molecule has 7 nitrogen and oxygen atoms in total. The van der Waals surface area contributed by atoms with Crippen molar-refractivity contribution in [1.82, 2.24) is 4.31 Å². The van der Waals surface area contributed by atoms with Crippen molar-refractivity contribution in [2.45, 2.75) is 49.7 Å². The zero-order valence-corrected chi connectivity index (χ0v) is 18.7. The molecule has 0 bridgehead atoms. The van der Waals surface area contributed by atoms with Crippen molar-refractivity contribution in [3.05, 3.63) is 48.0 Å². The van der Waals surface area contributed by atoms with E-state index in [1.54, 1.807) is 7.05 Å². The first-order valence-electron chi connectivity index (χ1n) is 10.2. The number of carbonyl (C=O) groups is 1. The maximum absolute atomic E-state index is 13.1. The van der Waals surface area contributed by atoms with E-state index < -0.39 is 22.5 Å². The molecule has 0 spiro atoms. The first kappa shape index (κ1) is 23.9. The Labute approximate surface area is 186 Å². The highest BCUT2D eigenvalue weighted by Crippen LogP contribution is 2.32. The van der Waals surface area contributed by atoms with E-state index in [9.17, 15) is 22.0 Å². The smallest absolute Gasteiger partial charge is 0.387 e. The van der Waals surface area contributed by atoms with Gasteiger partial charge in [0.1, 0.15) is 0 Å². The molecular weight excluding hydrogens is 442 g/mol. The maximum atomic E-state index is 13.1. The van der Waals surface area contributed by atoms with Crippen molar-refractivity contribution >= 4 is 21.6 Å². The number of hydrogen-bond acceptors (Lipinski definition) is 5. The molecule has 0 atom stereocenters. The van der Waals surface area contributed by atoms with Gasteiger partial charge >= 0.3 is 6.61 Å². The van der Waals surface area contributed by atoms with E-state index >= 15 is 0 Å². The first-order valence-corrected chi connectivity index (χ1v) is 11.7. The number of methoxy groups -OCH3 is 1. The molecule has 0 saturated heterocycles. The number of ether oxygens (including phenoxy) is 2. The molecule has 0 radical (unpaired) electrons. The van der Waals surface area contributed by atoms with E-state index in [2.05, 4.69) is 10.1 Å². The third kappa shape index (κ3) is 5.55. The number of halogens is 2. The van der Waals surface area contributed by atoms with E-state index in [1.165, 1.54) is 53.9 Å². The molecule has 0 heterocycles. The topological polar surface area (TPSA) is 84.9 Å². The summed E-state index contributed by atoms with van der Waals surface area (Å²) in [6.07, 6.45) is 4.72. The van der Waals surface area contributed by atoms with Crippen LogP contribution in [0, 0.1) is 0 Å². The number of nitrogens with one attached hydrogen (secondary N) is 1. The van der Waals surface area contributed by atoms with Gasteiger partial charge in [0, 0.05) is 30.4 Å². The summed E-state index contributed by atoms with van der Waals surface area (Å²) < 4.78 is 62.2. The SMILES string of the molecule is COc1ccc(NC(=O)c2cccc(S(=O)(=O)N(C)C3CCCCC3)c2)cc1OC(F)F. The van der Waals surface area contributed by atoms with Crippen molar-refractivity contribution in [3.63, 3.8) is 0 Å². The van der Waals surface area contributed by atoms with E-state index in [0.717, 1.165) is 32.1 Å². The Kier molecular flexibility index (Phi) is 7.68. The van der Waals surface area contributed by atoms with Crippen LogP contribution in [0.5, 0.6) is 11.5 Å². The van der Waals surface area contributed by atoms with Crippen LogP contribution in [0.4, 0.5) is 14.5 Å². The van der Waals surface area contributed by atoms with Gasteiger partial charge in [-0.15, -0.1) is 0 Å². The van der Waals surface area contributed by atoms with Gasteiger partial charge in [-0.05, 0) is 43.2 Å². The van der Waals surface area contributed by atoms with Crippen molar-refractivity contribution in [1.29, 1.82) is 0 Å². The predicted molar refractivity (Wildman–Crippen MR) is 116 cm³/mol. The lowest BCUT2D eigenvalue weighted by molar-refractivity contribution is -0.0511. The average Bonchev–Trinajstić information content (AvgIpc) is 2.79. The van der Waals surface area contributed by atoms with Crippen LogP contribution in [-0.4, -0.2) is 45.4 Å². The molecular formula is C22H26F2N2O5S. The number of nitrogens with zero attached hydrogens (tertiary/aromatic N) is 1. The Morgan fingerprint density at radius 3 is 2.47 bits per heavy atom. The van der Waals surface area contributed by atoms with Crippen LogP contribution in [0.3, 0.4) is 0 Å². The summed E-state index contributed by atoms with van der Waals surface area (Å²) in [6, 6.07) is 9.74. The summed E-state index contributed by atoms with van der Waals surface area (Å²) in [5.74, 6) is -0.733. The lowest BCUT2D eigenvalue weighted by atomic mass is 9.96. The summed E-state index contributed by atoms with van der Waals surface area (Å²) in [4.78, 5) is 12.7. The Balaban J connectivity index is 1.79. The Morgan fingerprint density at radius 2 is 1.81 bits per heavy atom. The quantitative estimate of drug-likeness (QED) is 0.617. The maximum Gasteiger partial charge on any atom is 0.387 e. The molecule has 2 aromatic rings. The van der Waals surface area contributed by atoms with Crippen LogP contribution in [0.2, 0.25) is 0 Å². The van der Waals surface area contributed by atoms with Crippen molar-refractivity contribution in [2.75, 3.05) is 19.5 Å². The molecule has 1 aliphatic carbocycles. The highest BCUT2D eigenvalue weighted by Gasteiger charge is 2.29. The second kappa shape index (κ2) is 10.3. The van der Waals surface area contributed by atoms with E-state index in [4.69, 9.17) is 4.74 Å². The molecule has 1 saturated carbocycles. The van der Waals surface area contributed by atoms with Gasteiger partial charge in [-0.25, -0.2) is 8.42 Å². The standard InChI is InChI=1S/C22H26F2N2O5S/c1-26(17-8-4-3-5-9-17)32(28,29)18-10-6-7-15(13-18)21(27)25-16-11-12-19(30-2)20(14-16)31-22(23)24/h6-7,10-14,17,22H,3-5,8-9H2,1-2H3,(H,25,27). The van der Waals surface area contributed by atoms with Crippen molar-refractivity contribution in [3.8, 4) is 11.5 Å². The number of anilines is 1. The molecule has 1 aliphatic rings. The molecule has 3 rings (SSSR count). The molecule has 0 aromatic heterocycles. The van der Waals surface area contributed by atoms with Gasteiger partial charge in [0.25, 0.3) is 5.91 Å². The molecule has 2 aromatic carbocycles. The zero-order chi connectivity index (χ0) is 23.3. The Hall–Kier alpha value is -2.72. The molecule has 0 unspecified atom stereocenters. The summed E-state index contributed by atoms with van der Waals surface area (Å²) >= 11 is 0. The number of amides is 1. The van der Waals surface area contributed by atoms with E-state index in [1.807, 2.05) is 0 Å². The van der Waals surface area contributed by atoms with Gasteiger partial charge < -0.3 is 14.8 Å². The highest BCUT2D eigenvalue weighted by atomic mass is 32.2. The largest absolute Gasteiger partial charge is 0.493 e. The molecule has 1 amide bonds.